The summed E-state index contributed by atoms with van der Waals surface area (Å²) >= 11 is 12.7. The zero-order valence-corrected chi connectivity index (χ0v) is 29.3. The van der Waals surface area contributed by atoms with Gasteiger partial charge in [-0.2, -0.15) is 0 Å². The lowest BCUT2D eigenvalue weighted by Crippen LogP contribution is -2.53. The number of hydrogen-bond acceptors (Lipinski definition) is 7. The summed E-state index contributed by atoms with van der Waals surface area (Å²) in [7, 11) is -0.0814. The second kappa shape index (κ2) is 16.6. The summed E-state index contributed by atoms with van der Waals surface area (Å²) in [6.07, 6.45) is 0.156. The zero-order valence-electron chi connectivity index (χ0n) is 27.0. The van der Waals surface area contributed by atoms with Crippen LogP contribution in [0.1, 0.15) is 18.1 Å². The van der Waals surface area contributed by atoms with Crippen LogP contribution in [0.2, 0.25) is 10.0 Å². The van der Waals surface area contributed by atoms with E-state index in [1.54, 1.807) is 42.5 Å². The Hall–Kier alpha value is -4.45. The van der Waals surface area contributed by atoms with Crippen molar-refractivity contribution < 1.29 is 32.2 Å². The lowest BCUT2D eigenvalue weighted by Gasteiger charge is -2.34. The first-order chi connectivity index (χ1) is 23.0. The van der Waals surface area contributed by atoms with E-state index in [2.05, 4.69) is 5.32 Å². The van der Waals surface area contributed by atoms with Gasteiger partial charge in [0.05, 0.1) is 31.4 Å². The van der Waals surface area contributed by atoms with Crippen LogP contribution in [-0.2, 0) is 32.6 Å². The van der Waals surface area contributed by atoms with E-state index < -0.39 is 34.4 Å². The van der Waals surface area contributed by atoms with E-state index in [-0.39, 0.29) is 34.3 Å². The van der Waals surface area contributed by atoms with E-state index in [0.717, 1.165) is 9.87 Å². The molecule has 0 aliphatic carbocycles. The van der Waals surface area contributed by atoms with Crippen LogP contribution in [0.5, 0.6) is 17.2 Å². The first-order valence-corrected chi connectivity index (χ1v) is 17.2. The Morgan fingerprint density at radius 1 is 0.875 bits per heavy atom. The SMILES string of the molecule is CCOc1ccc(N(CC(=O)N(Cc2ccc(Cl)cc2Cl)[C@H](Cc2ccccc2)C(=O)NC)S(=O)(=O)c2ccc(OC)c(OC)c2)cc1. The number of sulfonamides is 1. The Morgan fingerprint density at radius 3 is 2.17 bits per heavy atom. The summed E-state index contributed by atoms with van der Waals surface area (Å²) in [5.74, 6) is -0.0349. The number of nitrogens with one attached hydrogen (secondary N) is 1. The van der Waals surface area contributed by atoms with Gasteiger partial charge in [-0.05, 0) is 66.6 Å². The Labute approximate surface area is 291 Å². The summed E-state index contributed by atoms with van der Waals surface area (Å²) in [6.45, 7) is 1.49. The number of benzene rings is 4. The van der Waals surface area contributed by atoms with Crippen molar-refractivity contribution >= 4 is 50.7 Å². The minimum atomic E-state index is -4.40. The molecule has 0 bridgehead atoms. The van der Waals surface area contributed by atoms with Crippen LogP contribution in [0.25, 0.3) is 0 Å². The van der Waals surface area contributed by atoms with Crippen molar-refractivity contribution in [2.24, 2.45) is 0 Å². The standard InChI is InChI=1S/C35H37Cl2N3O7S/c1-5-47-28-15-13-27(14-16-28)40(48(43,44)29-17-18-32(45-3)33(21-29)46-4)23-34(41)39(22-25-11-12-26(36)20-30(25)37)31(35(42)38-2)19-24-9-7-6-8-10-24/h6-18,20-21,31H,5,19,22-23H2,1-4H3,(H,38,42)/t31-/m1/s1. The van der Waals surface area contributed by atoms with Crippen molar-refractivity contribution in [3.63, 3.8) is 0 Å². The number of methoxy groups -OCH3 is 2. The normalized spacial score (nSPS) is 11.7. The van der Waals surface area contributed by atoms with Crippen molar-refractivity contribution in [3.05, 3.63) is 112 Å². The fourth-order valence-corrected chi connectivity index (χ4v) is 6.96. The van der Waals surface area contributed by atoms with Crippen LogP contribution in [0, 0.1) is 0 Å². The van der Waals surface area contributed by atoms with Crippen LogP contribution in [0.3, 0.4) is 0 Å². The number of anilines is 1. The first kappa shape index (κ1) is 36.4. The monoisotopic (exact) mass is 713 g/mol. The Morgan fingerprint density at radius 2 is 1.56 bits per heavy atom. The highest BCUT2D eigenvalue weighted by atomic mass is 35.5. The molecule has 0 unspecified atom stereocenters. The van der Waals surface area contributed by atoms with Gasteiger partial charge in [0.25, 0.3) is 10.0 Å². The van der Waals surface area contributed by atoms with Crippen LogP contribution >= 0.6 is 23.2 Å². The van der Waals surface area contributed by atoms with E-state index in [4.69, 9.17) is 37.4 Å². The average molecular weight is 715 g/mol. The van der Waals surface area contributed by atoms with Crippen molar-refractivity contribution in [1.29, 1.82) is 0 Å². The van der Waals surface area contributed by atoms with Crippen LogP contribution in [0.4, 0.5) is 5.69 Å². The summed E-state index contributed by atoms with van der Waals surface area (Å²) in [6, 6.07) is 23.5. The molecule has 0 saturated heterocycles. The molecule has 0 aromatic heterocycles. The number of carbonyl (C=O) groups is 2. The maximum Gasteiger partial charge on any atom is 0.264 e. The average Bonchev–Trinajstić information content (AvgIpc) is 3.09. The third-order valence-corrected chi connectivity index (χ3v) is 9.89. The van der Waals surface area contributed by atoms with E-state index in [1.807, 2.05) is 37.3 Å². The Kier molecular flexibility index (Phi) is 12.6. The summed E-state index contributed by atoms with van der Waals surface area (Å²) < 4.78 is 46.0. The maximum absolute atomic E-state index is 14.5. The van der Waals surface area contributed by atoms with Gasteiger partial charge in [0.15, 0.2) is 11.5 Å². The van der Waals surface area contributed by atoms with Gasteiger partial charge in [0.1, 0.15) is 18.3 Å². The molecule has 0 heterocycles. The molecular weight excluding hydrogens is 677 g/mol. The molecule has 0 saturated carbocycles. The molecule has 254 valence electrons. The topological polar surface area (TPSA) is 114 Å². The summed E-state index contributed by atoms with van der Waals surface area (Å²) in [4.78, 5) is 29.2. The molecule has 0 spiro atoms. The number of likely N-dealkylation sites (N-methyl/N-ethyl adjacent to an activating group) is 1. The Bertz CT molecular complexity index is 1820. The Balaban J connectivity index is 1.83. The van der Waals surface area contributed by atoms with Crippen molar-refractivity contribution in [2.75, 3.05) is 38.7 Å². The lowest BCUT2D eigenvalue weighted by molar-refractivity contribution is -0.139. The second-order valence-corrected chi connectivity index (χ2v) is 13.2. The number of hydrogen-bond donors (Lipinski definition) is 1. The third kappa shape index (κ3) is 8.71. The molecule has 4 rings (SSSR count). The van der Waals surface area contributed by atoms with Gasteiger partial charge in [0, 0.05) is 36.1 Å². The number of halogens is 2. The molecule has 4 aromatic rings. The molecule has 0 radical (unpaired) electrons. The fraction of sp³-hybridized carbons (Fsp3) is 0.257. The number of rotatable bonds is 15. The lowest BCUT2D eigenvalue weighted by atomic mass is 10.0. The van der Waals surface area contributed by atoms with Crippen molar-refractivity contribution in [1.82, 2.24) is 10.2 Å². The fourth-order valence-electron chi connectivity index (χ4n) is 5.06. The van der Waals surface area contributed by atoms with Crippen LogP contribution in [0.15, 0.2) is 95.9 Å². The van der Waals surface area contributed by atoms with Gasteiger partial charge in [0.2, 0.25) is 11.8 Å². The number of ether oxygens (including phenoxy) is 3. The molecule has 2 amide bonds. The molecular formula is C35H37Cl2N3O7S. The zero-order chi connectivity index (χ0) is 34.8. The van der Waals surface area contributed by atoms with E-state index >= 15 is 0 Å². The summed E-state index contributed by atoms with van der Waals surface area (Å²) in [5.41, 5.74) is 1.52. The second-order valence-electron chi connectivity index (χ2n) is 10.5. The van der Waals surface area contributed by atoms with Gasteiger partial charge in [-0.3, -0.25) is 13.9 Å². The van der Waals surface area contributed by atoms with Gasteiger partial charge in [-0.1, -0.05) is 59.6 Å². The predicted molar refractivity (Wildman–Crippen MR) is 187 cm³/mol. The smallest absolute Gasteiger partial charge is 0.264 e. The number of carbonyl (C=O) groups excluding carboxylic acids is 2. The molecule has 0 fully saturated rings. The molecule has 0 aliphatic rings. The number of nitrogens with zero attached hydrogens (tertiary/aromatic N) is 2. The third-order valence-electron chi connectivity index (χ3n) is 7.53. The highest BCUT2D eigenvalue weighted by molar-refractivity contribution is 7.92. The molecule has 1 N–H and O–H groups in total. The van der Waals surface area contributed by atoms with Crippen LogP contribution < -0.4 is 23.8 Å². The van der Waals surface area contributed by atoms with Gasteiger partial charge < -0.3 is 24.4 Å². The highest BCUT2D eigenvalue weighted by Crippen LogP contribution is 2.33. The van der Waals surface area contributed by atoms with Gasteiger partial charge in [-0.15, -0.1) is 0 Å². The van der Waals surface area contributed by atoms with E-state index in [1.165, 1.54) is 44.4 Å². The molecule has 48 heavy (non-hydrogen) atoms. The minimum absolute atomic E-state index is 0.104. The molecule has 13 heteroatoms. The van der Waals surface area contributed by atoms with Crippen LogP contribution in [-0.4, -0.2) is 65.6 Å². The summed E-state index contributed by atoms with van der Waals surface area (Å²) in [5, 5.41) is 3.34. The highest BCUT2D eigenvalue weighted by Gasteiger charge is 2.35. The molecule has 0 aliphatic heterocycles. The number of amides is 2. The van der Waals surface area contributed by atoms with E-state index in [0.29, 0.717) is 28.7 Å². The van der Waals surface area contributed by atoms with E-state index in [9.17, 15) is 18.0 Å². The van der Waals surface area contributed by atoms with Crippen molar-refractivity contribution in [2.45, 2.75) is 30.8 Å². The minimum Gasteiger partial charge on any atom is -0.494 e. The molecule has 1 atom stereocenters. The van der Waals surface area contributed by atoms with Gasteiger partial charge >= 0.3 is 0 Å². The predicted octanol–water partition coefficient (Wildman–Crippen LogP) is 5.99. The molecule has 4 aromatic carbocycles. The first-order valence-electron chi connectivity index (χ1n) is 15.0. The molecule has 10 nitrogen and oxygen atoms in total. The maximum atomic E-state index is 14.5. The van der Waals surface area contributed by atoms with Gasteiger partial charge in [-0.25, -0.2) is 8.42 Å². The largest absolute Gasteiger partial charge is 0.494 e. The quantitative estimate of drug-likeness (QED) is 0.161. The van der Waals surface area contributed by atoms with Crippen molar-refractivity contribution in [3.8, 4) is 17.2 Å².